The van der Waals surface area contributed by atoms with Gasteiger partial charge >= 0.3 is 6.95 Å². The fourth-order valence-corrected chi connectivity index (χ4v) is 4.65. The van der Waals surface area contributed by atoms with Crippen LogP contribution in [-0.2, 0) is 13.6 Å². The van der Waals surface area contributed by atoms with Gasteiger partial charge in [0, 0.05) is 11.2 Å². The van der Waals surface area contributed by atoms with Gasteiger partial charge in [0.25, 0.3) is 0 Å². The summed E-state index contributed by atoms with van der Waals surface area (Å²) in [7, 11) is 0. The lowest BCUT2D eigenvalue weighted by atomic mass is 10.00. The molecule has 5 heteroatoms. The van der Waals surface area contributed by atoms with Gasteiger partial charge in [-0.25, -0.2) is 4.57 Å². The van der Waals surface area contributed by atoms with Gasteiger partial charge in [0.15, 0.2) is 0 Å². The van der Waals surface area contributed by atoms with E-state index in [1.54, 1.807) is 0 Å². The van der Waals surface area contributed by atoms with Crippen LogP contribution in [0.5, 0.6) is 0 Å². The minimum absolute atomic E-state index is 0.368. The second-order valence-electron chi connectivity index (χ2n) is 7.70. The molecule has 0 saturated carbocycles. The van der Waals surface area contributed by atoms with Crippen LogP contribution in [0, 0.1) is 11.8 Å². The monoisotopic (exact) mass is 408 g/mol. The molecule has 0 radical (unpaired) electrons. The molecule has 0 bridgehead atoms. The molecule has 27 heavy (non-hydrogen) atoms. The summed E-state index contributed by atoms with van der Waals surface area (Å²) in [6.45, 7) is 4.63. The Hall–Kier alpha value is -1.12. The Morgan fingerprint density at radius 3 is 1.37 bits per heavy atom. The van der Waals surface area contributed by atoms with Crippen LogP contribution in [0.1, 0.15) is 63.9 Å². The molecule has 0 spiro atoms. The lowest BCUT2D eigenvalue weighted by Crippen LogP contribution is -2.10. The first-order valence-corrected chi connectivity index (χ1v) is 12.0. The Kier molecular flexibility index (Phi) is 8.57. The summed E-state index contributed by atoms with van der Waals surface area (Å²) in [5.74, 6) is 0.736. The minimum Gasteiger partial charge on any atom is -0.289 e. The molecule has 2 atom stereocenters. The Bertz CT molecular complexity index is 659. The van der Waals surface area contributed by atoms with Gasteiger partial charge in [0.1, 0.15) is 0 Å². The topological polar surface area (TPSA) is 35.5 Å². The normalized spacial score (nSPS) is 16.3. The van der Waals surface area contributed by atoms with Gasteiger partial charge in [-0.1, -0.05) is 88.4 Å². The van der Waals surface area contributed by atoms with E-state index in [0.717, 1.165) is 11.1 Å². The van der Waals surface area contributed by atoms with Crippen molar-refractivity contribution in [2.75, 3.05) is 0 Å². The summed E-state index contributed by atoms with van der Waals surface area (Å²) < 4.78 is 24.8. The SMILES string of the molecule is CC(C)CC(OP(=O)(Cl)OC(CC(C)C)c1ccccc1)c1ccccc1. The zero-order valence-electron chi connectivity index (χ0n) is 16.5. The van der Waals surface area contributed by atoms with E-state index in [4.69, 9.17) is 20.3 Å². The third kappa shape index (κ3) is 7.79. The zero-order chi connectivity index (χ0) is 19.9. The predicted molar refractivity (Wildman–Crippen MR) is 113 cm³/mol. The van der Waals surface area contributed by atoms with Crippen molar-refractivity contribution in [1.29, 1.82) is 0 Å². The van der Waals surface area contributed by atoms with Crippen LogP contribution in [0.2, 0.25) is 0 Å². The van der Waals surface area contributed by atoms with Crippen molar-refractivity contribution in [3.63, 3.8) is 0 Å². The van der Waals surface area contributed by atoms with Crippen molar-refractivity contribution >= 4 is 18.2 Å². The number of benzene rings is 2. The van der Waals surface area contributed by atoms with Gasteiger partial charge in [-0.2, -0.15) is 0 Å². The average Bonchev–Trinajstić information content (AvgIpc) is 2.61. The van der Waals surface area contributed by atoms with Crippen LogP contribution in [-0.4, -0.2) is 0 Å². The van der Waals surface area contributed by atoms with Crippen LogP contribution in [0.3, 0.4) is 0 Å². The van der Waals surface area contributed by atoms with Gasteiger partial charge in [0.2, 0.25) is 0 Å². The zero-order valence-corrected chi connectivity index (χ0v) is 18.2. The molecule has 0 N–H and O–H groups in total. The van der Waals surface area contributed by atoms with E-state index in [0.29, 0.717) is 24.7 Å². The lowest BCUT2D eigenvalue weighted by molar-refractivity contribution is 0.103. The van der Waals surface area contributed by atoms with E-state index in [-0.39, 0.29) is 12.2 Å². The van der Waals surface area contributed by atoms with Crippen LogP contribution in [0.25, 0.3) is 0 Å². The van der Waals surface area contributed by atoms with Gasteiger partial charge < -0.3 is 0 Å². The molecule has 0 saturated heterocycles. The predicted octanol–water partition coefficient (Wildman–Crippen LogP) is 7.94. The van der Waals surface area contributed by atoms with E-state index in [2.05, 4.69) is 27.7 Å². The second kappa shape index (κ2) is 10.4. The fourth-order valence-electron chi connectivity index (χ4n) is 3.00. The standard InChI is InChI=1S/C22H30ClO3P/c1-17(2)15-21(19-11-7-5-8-12-19)25-27(23,24)26-22(16-18(3)4)20-13-9-6-10-14-20/h5-14,17-18,21-22H,15-16H2,1-4H3. The molecule has 0 aliphatic rings. The molecule has 3 nitrogen and oxygen atoms in total. The van der Waals surface area contributed by atoms with Crippen LogP contribution < -0.4 is 0 Å². The van der Waals surface area contributed by atoms with E-state index in [1.807, 2.05) is 60.7 Å². The lowest BCUT2D eigenvalue weighted by Gasteiger charge is -2.26. The summed E-state index contributed by atoms with van der Waals surface area (Å²) in [5, 5.41) is 0. The fraction of sp³-hybridized carbons (Fsp3) is 0.455. The van der Waals surface area contributed by atoms with E-state index >= 15 is 0 Å². The third-order valence-corrected chi connectivity index (χ3v) is 5.71. The number of rotatable bonds is 10. The Morgan fingerprint density at radius 1 is 0.741 bits per heavy atom. The average molecular weight is 409 g/mol. The van der Waals surface area contributed by atoms with Gasteiger partial charge in [-0.05, 0) is 35.8 Å². The van der Waals surface area contributed by atoms with E-state index in [9.17, 15) is 4.57 Å². The Labute approximate surface area is 168 Å². The smallest absolute Gasteiger partial charge is 0.289 e. The van der Waals surface area contributed by atoms with Crippen molar-refractivity contribution in [1.82, 2.24) is 0 Å². The molecule has 2 unspecified atom stereocenters. The van der Waals surface area contributed by atoms with Gasteiger partial charge in [-0.15, -0.1) is 0 Å². The maximum absolute atomic E-state index is 13.1. The molecule has 2 aromatic carbocycles. The van der Waals surface area contributed by atoms with Crippen LogP contribution in [0.15, 0.2) is 60.7 Å². The highest BCUT2D eigenvalue weighted by Crippen LogP contribution is 2.60. The molecule has 2 rings (SSSR count). The summed E-state index contributed by atoms with van der Waals surface area (Å²) in [4.78, 5) is 0. The summed E-state index contributed by atoms with van der Waals surface area (Å²) in [6.07, 6.45) is 0.684. The molecule has 2 aromatic rings. The first kappa shape index (κ1) is 22.2. The van der Waals surface area contributed by atoms with Crippen molar-refractivity contribution < 1.29 is 13.6 Å². The molecule has 0 aliphatic heterocycles. The number of halogens is 1. The summed E-state index contributed by atoms with van der Waals surface area (Å²) >= 11 is 6.30. The van der Waals surface area contributed by atoms with Crippen molar-refractivity contribution in [3.05, 3.63) is 71.8 Å². The molecule has 0 amide bonds. The molecule has 0 aliphatic carbocycles. The van der Waals surface area contributed by atoms with Crippen LogP contribution in [0.4, 0.5) is 0 Å². The quantitative estimate of drug-likeness (QED) is 0.374. The highest BCUT2D eigenvalue weighted by Gasteiger charge is 2.32. The highest BCUT2D eigenvalue weighted by atomic mass is 35.7. The number of hydrogen-bond donors (Lipinski definition) is 0. The Balaban J connectivity index is 2.19. The maximum atomic E-state index is 13.1. The minimum atomic E-state index is -3.78. The van der Waals surface area contributed by atoms with Crippen molar-refractivity contribution in [2.24, 2.45) is 11.8 Å². The third-order valence-electron chi connectivity index (χ3n) is 4.22. The van der Waals surface area contributed by atoms with Gasteiger partial charge in [-0.3, -0.25) is 9.05 Å². The summed E-state index contributed by atoms with van der Waals surface area (Å²) in [5.41, 5.74) is 1.91. The molecule has 148 valence electrons. The number of hydrogen-bond acceptors (Lipinski definition) is 3. The Morgan fingerprint density at radius 2 is 1.07 bits per heavy atom. The molecular weight excluding hydrogens is 379 g/mol. The largest absolute Gasteiger partial charge is 0.425 e. The summed E-state index contributed by atoms with van der Waals surface area (Å²) in [6, 6.07) is 19.5. The molecular formula is C22H30ClO3P. The molecule has 0 fully saturated rings. The van der Waals surface area contributed by atoms with Crippen molar-refractivity contribution in [3.8, 4) is 0 Å². The van der Waals surface area contributed by atoms with Crippen molar-refractivity contribution in [2.45, 2.75) is 52.7 Å². The van der Waals surface area contributed by atoms with Crippen LogP contribution >= 0.6 is 18.2 Å². The first-order valence-electron chi connectivity index (χ1n) is 9.53. The molecule has 0 heterocycles. The maximum Gasteiger partial charge on any atom is 0.425 e. The van der Waals surface area contributed by atoms with Gasteiger partial charge in [0.05, 0.1) is 12.2 Å². The second-order valence-corrected chi connectivity index (χ2v) is 10.2. The van der Waals surface area contributed by atoms with E-state index in [1.165, 1.54) is 0 Å². The first-order chi connectivity index (χ1) is 12.8. The molecule has 0 aromatic heterocycles. The van der Waals surface area contributed by atoms with E-state index < -0.39 is 6.95 Å². The highest BCUT2D eigenvalue weighted by molar-refractivity contribution is 7.81.